The zero-order valence-electron chi connectivity index (χ0n) is 10.5. The predicted octanol–water partition coefficient (Wildman–Crippen LogP) is 3.35. The molecule has 0 aromatic heterocycles. The van der Waals surface area contributed by atoms with Crippen LogP contribution in [0.1, 0.15) is 31.7 Å². The van der Waals surface area contributed by atoms with E-state index in [4.69, 9.17) is 0 Å². The molecule has 0 aliphatic carbocycles. The molecule has 0 radical (unpaired) electrons. The summed E-state index contributed by atoms with van der Waals surface area (Å²) in [6, 6.07) is 8.55. The van der Waals surface area contributed by atoms with Crippen LogP contribution in [-0.4, -0.2) is 13.6 Å². The van der Waals surface area contributed by atoms with Crippen molar-refractivity contribution in [3.05, 3.63) is 42.1 Å². The standard InChI is InChI=1S/C14H22N2/c1-11(2)13-5-7-14(8-6-13)16-12(3)9-10-15-4/h5-8,11,15-16H,3,9-10H2,1-2,4H3. The molecular weight excluding hydrogens is 196 g/mol. The average Bonchev–Trinajstić information content (AvgIpc) is 2.27. The van der Waals surface area contributed by atoms with E-state index >= 15 is 0 Å². The Morgan fingerprint density at radius 2 is 1.88 bits per heavy atom. The lowest BCUT2D eigenvalue weighted by atomic mass is 10.0. The molecule has 1 aromatic carbocycles. The number of anilines is 1. The molecule has 0 aliphatic heterocycles. The molecule has 0 amide bonds. The molecule has 0 aliphatic rings. The summed E-state index contributed by atoms with van der Waals surface area (Å²) in [6.07, 6.45) is 0.947. The maximum absolute atomic E-state index is 3.99. The average molecular weight is 218 g/mol. The van der Waals surface area contributed by atoms with Gasteiger partial charge >= 0.3 is 0 Å². The highest BCUT2D eigenvalue weighted by Crippen LogP contribution is 2.18. The number of benzene rings is 1. The van der Waals surface area contributed by atoms with Crippen molar-refractivity contribution in [3.63, 3.8) is 0 Å². The predicted molar refractivity (Wildman–Crippen MR) is 71.8 cm³/mol. The molecule has 2 nitrogen and oxygen atoms in total. The molecule has 1 rings (SSSR count). The minimum atomic E-state index is 0.585. The van der Waals surface area contributed by atoms with Gasteiger partial charge in [0.1, 0.15) is 0 Å². The molecule has 0 atom stereocenters. The van der Waals surface area contributed by atoms with Crippen molar-refractivity contribution in [2.24, 2.45) is 0 Å². The van der Waals surface area contributed by atoms with Gasteiger partial charge in [0.2, 0.25) is 0 Å². The van der Waals surface area contributed by atoms with E-state index in [0.717, 1.165) is 24.4 Å². The SMILES string of the molecule is C=C(CCNC)Nc1ccc(C(C)C)cc1. The first-order valence-electron chi connectivity index (χ1n) is 5.83. The van der Waals surface area contributed by atoms with Gasteiger partial charge in [0.15, 0.2) is 0 Å². The summed E-state index contributed by atoms with van der Waals surface area (Å²) < 4.78 is 0. The Bertz CT molecular complexity index is 325. The number of rotatable bonds is 6. The molecular formula is C14H22N2. The monoisotopic (exact) mass is 218 g/mol. The van der Waals surface area contributed by atoms with E-state index in [1.807, 2.05) is 7.05 Å². The Kier molecular flexibility index (Phi) is 5.06. The second kappa shape index (κ2) is 6.33. The third kappa shape index (κ3) is 4.07. The molecule has 2 N–H and O–H groups in total. The van der Waals surface area contributed by atoms with E-state index in [0.29, 0.717) is 5.92 Å². The van der Waals surface area contributed by atoms with Crippen LogP contribution in [-0.2, 0) is 0 Å². The van der Waals surface area contributed by atoms with E-state index < -0.39 is 0 Å². The highest BCUT2D eigenvalue weighted by atomic mass is 14.9. The van der Waals surface area contributed by atoms with Gasteiger partial charge in [-0.25, -0.2) is 0 Å². The Labute approximate surface area is 98.8 Å². The highest BCUT2D eigenvalue weighted by molar-refractivity contribution is 5.49. The van der Waals surface area contributed by atoms with Gasteiger partial charge in [0, 0.05) is 17.9 Å². The van der Waals surface area contributed by atoms with Crippen LogP contribution >= 0.6 is 0 Å². The van der Waals surface area contributed by atoms with Crippen LogP contribution < -0.4 is 10.6 Å². The normalized spacial score (nSPS) is 10.5. The van der Waals surface area contributed by atoms with Crippen LogP contribution in [0.2, 0.25) is 0 Å². The maximum atomic E-state index is 3.99. The lowest BCUT2D eigenvalue weighted by molar-refractivity contribution is 0.789. The summed E-state index contributed by atoms with van der Waals surface area (Å²) in [5, 5.41) is 6.42. The molecule has 0 heterocycles. The van der Waals surface area contributed by atoms with Crippen molar-refractivity contribution >= 4 is 5.69 Å². The summed E-state index contributed by atoms with van der Waals surface area (Å²) in [5.41, 5.74) is 3.53. The van der Waals surface area contributed by atoms with Crippen LogP contribution in [0.4, 0.5) is 5.69 Å². The van der Waals surface area contributed by atoms with Crippen molar-refractivity contribution in [1.82, 2.24) is 5.32 Å². The van der Waals surface area contributed by atoms with Crippen molar-refractivity contribution in [1.29, 1.82) is 0 Å². The maximum Gasteiger partial charge on any atom is 0.0381 e. The van der Waals surface area contributed by atoms with E-state index in [9.17, 15) is 0 Å². The quantitative estimate of drug-likeness (QED) is 0.765. The number of hydrogen-bond acceptors (Lipinski definition) is 2. The van der Waals surface area contributed by atoms with E-state index in [-0.39, 0.29) is 0 Å². The molecule has 0 spiro atoms. The van der Waals surface area contributed by atoms with Crippen molar-refractivity contribution < 1.29 is 0 Å². The fourth-order valence-corrected chi connectivity index (χ4v) is 1.49. The van der Waals surface area contributed by atoms with Crippen LogP contribution in [0.3, 0.4) is 0 Å². The van der Waals surface area contributed by atoms with Crippen LogP contribution in [0, 0.1) is 0 Å². The van der Waals surface area contributed by atoms with Crippen molar-refractivity contribution in [2.75, 3.05) is 18.9 Å². The highest BCUT2D eigenvalue weighted by Gasteiger charge is 1.99. The topological polar surface area (TPSA) is 24.1 Å². The third-order valence-electron chi connectivity index (χ3n) is 2.58. The fourth-order valence-electron chi connectivity index (χ4n) is 1.49. The molecule has 0 fully saturated rings. The molecule has 0 unspecified atom stereocenters. The molecule has 88 valence electrons. The van der Waals surface area contributed by atoms with Crippen LogP contribution in [0.5, 0.6) is 0 Å². The lowest BCUT2D eigenvalue weighted by Gasteiger charge is -2.11. The van der Waals surface area contributed by atoms with Crippen molar-refractivity contribution in [3.8, 4) is 0 Å². The van der Waals surface area contributed by atoms with E-state index in [2.05, 4.69) is 55.3 Å². The number of nitrogens with one attached hydrogen (secondary N) is 2. The third-order valence-corrected chi connectivity index (χ3v) is 2.58. The van der Waals surface area contributed by atoms with Gasteiger partial charge in [-0.1, -0.05) is 32.6 Å². The molecule has 0 saturated carbocycles. The lowest BCUT2D eigenvalue weighted by Crippen LogP contribution is -2.11. The largest absolute Gasteiger partial charge is 0.359 e. The second-order valence-electron chi connectivity index (χ2n) is 4.36. The van der Waals surface area contributed by atoms with Gasteiger partial charge in [0.05, 0.1) is 0 Å². The Hall–Kier alpha value is -1.28. The molecule has 1 aromatic rings. The van der Waals surface area contributed by atoms with Gasteiger partial charge in [-0.3, -0.25) is 0 Å². The van der Waals surface area contributed by atoms with E-state index in [1.54, 1.807) is 0 Å². The minimum Gasteiger partial charge on any atom is -0.359 e. The smallest absolute Gasteiger partial charge is 0.0381 e. The Morgan fingerprint density at radius 1 is 1.25 bits per heavy atom. The zero-order chi connectivity index (χ0) is 12.0. The van der Waals surface area contributed by atoms with Gasteiger partial charge in [-0.15, -0.1) is 0 Å². The molecule has 2 heteroatoms. The summed E-state index contributed by atoms with van der Waals surface area (Å²) in [6.45, 7) is 9.35. The van der Waals surface area contributed by atoms with E-state index in [1.165, 1.54) is 5.56 Å². The zero-order valence-corrected chi connectivity index (χ0v) is 10.5. The van der Waals surface area contributed by atoms with Crippen molar-refractivity contribution in [2.45, 2.75) is 26.2 Å². The molecule has 0 bridgehead atoms. The fraction of sp³-hybridized carbons (Fsp3) is 0.429. The first-order chi connectivity index (χ1) is 7.63. The van der Waals surface area contributed by atoms with Crippen LogP contribution in [0.25, 0.3) is 0 Å². The molecule has 16 heavy (non-hydrogen) atoms. The Morgan fingerprint density at radius 3 is 2.38 bits per heavy atom. The Balaban J connectivity index is 2.51. The van der Waals surface area contributed by atoms with Gasteiger partial charge in [-0.2, -0.15) is 0 Å². The minimum absolute atomic E-state index is 0.585. The summed E-state index contributed by atoms with van der Waals surface area (Å²) in [4.78, 5) is 0. The molecule has 0 saturated heterocycles. The number of hydrogen-bond donors (Lipinski definition) is 2. The van der Waals surface area contributed by atoms with Crippen LogP contribution in [0.15, 0.2) is 36.5 Å². The van der Waals surface area contributed by atoms with Gasteiger partial charge in [0.25, 0.3) is 0 Å². The first kappa shape index (κ1) is 12.8. The van der Waals surface area contributed by atoms with Gasteiger partial charge < -0.3 is 10.6 Å². The summed E-state index contributed by atoms with van der Waals surface area (Å²) in [5.74, 6) is 0.585. The summed E-state index contributed by atoms with van der Waals surface area (Å²) in [7, 11) is 1.95. The van der Waals surface area contributed by atoms with Gasteiger partial charge in [-0.05, 0) is 37.1 Å². The first-order valence-corrected chi connectivity index (χ1v) is 5.83. The summed E-state index contributed by atoms with van der Waals surface area (Å²) >= 11 is 0. The second-order valence-corrected chi connectivity index (χ2v) is 4.36.